The van der Waals surface area contributed by atoms with Crippen molar-refractivity contribution in [1.82, 2.24) is 15.0 Å². The molecule has 4 rings (SSSR count). The number of nitrogen functional groups attached to an aromatic ring is 1. The van der Waals surface area contributed by atoms with Gasteiger partial charge in [0, 0.05) is 11.4 Å². The number of hydrogen-bond donors (Lipinski definition) is 2. The van der Waals surface area contributed by atoms with Gasteiger partial charge in [-0.05, 0) is 42.8 Å². The molecule has 0 radical (unpaired) electrons. The van der Waals surface area contributed by atoms with E-state index in [0.29, 0.717) is 12.3 Å². The summed E-state index contributed by atoms with van der Waals surface area (Å²) in [4.78, 5) is 12.5. The Morgan fingerprint density at radius 1 is 1.00 bits per heavy atom. The standard InChI is InChI=1S/C20H18N4O/c1-13-22-18-11-17(14-5-3-2-4-6-14)24-20(18)19(23-13)12-25-16-9-7-15(21)8-10-16/h2-11,24H,12,21H2,1H3. The van der Waals surface area contributed by atoms with Gasteiger partial charge in [0.15, 0.2) is 0 Å². The molecule has 0 bridgehead atoms. The fourth-order valence-corrected chi connectivity index (χ4v) is 2.80. The molecule has 3 N–H and O–H groups in total. The predicted molar refractivity (Wildman–Crippen MR) is 99.2 cm³/mol. The minimum Gasteiger partial charge on any atom is -0.487 e. The third kappa shape index (κ3) is 3.17. The van der Waals surface area contributed by atoms with E-state index >= 15 is 0 Å². The molecule has 5 heteroatoms. The summed E-state index contributed by atoms with van der Waals surface area (Å²) in [7, 11) is 0. The Labute approximate surface area is 145 Å². The van der Waals surface area contributed by atoms with Crippen LogP contribution in [-0.4, -0.2) is 15.0 Å². The number of nitrogens with one attached hydrogen (secondary N) is 1. The van der Waals surface area contributed by atoms with Gasteiger partial charge < -0.3 is 15.5 Å². The number of nitrogens with zero attached hydrogens (tertiary/aromatic N) is 2. The molecule has 0 fully saturated rings. The van der Waals surface area contributed by atoms with E-state index in [4.69, 9.17) is 10.5 Å². The highest BCUT2D eigenvalue weighted by molar-refractivity contribution is 5.84. The van der Waals surface area contributed by atoms with Gasteiger partial charge in [0.2, 0.25) is 0 Å². The lowest BCUT2D eigenvalue weighted by Crippen LogP contribution is -2.02. The van der Waals surface area contributed by atoms with E-state index in [0.717, 1.165) is 39.6 Å². The average molecular weight is 330 g/mol. The summed E-state index contributed by atoms with van der Waals surface area (Å²) in [6, 6.07) is 19.6. The van der Waals surface area contributed by atoms with Gasteiger partial charge >= 0.3 is 0 Å². The van der Waals surface area contributed by atoms with Crippen molar-refractivity contribution in [2.45, 2.75) is 13.5 Å². The van der Waals surface area contributed by atoms with Gasteiger partial charge in [-0.25, -0.2) is 9.97 Å². The summed E-state index contributed by atoms with van der Waals surface area (Å²) >= 11 is 0. The van der Waals surface area contributed by atoms with Crippen LogP contribution in [0, 0.1) is 6.92 Å². The van der Waals surface area contributed by atoms with Crippen molar-refractivity contribution in [2.24, 2.45) is 0 Å². The third-order valence-corrected chi connectivity index (χ3v) is 4.00. The van der Waals surface area contributed by atoms with E-state index in [1.54, 1.807) is 0 Å². The molecule has 0 atom stereocenters. The molecule has 124 valence electrons. The second-order valence-corrected chi connectivity index (χ2v) is 5.88. The van der Waals surface area contributed by atoms with Crippen molar-refractivity contribution < 1.29 is 4.74 Å². The number of benzene rings is 2. The Kier molecular flexibility index (Phi) is 3.82. The number of aryl methyl sites for hydroxylation is 1. The Morgan fingerprint density at radius 3 is 2.52 bits per heavy atom. The summed E-state index contributed by atoms with van der Waals surface area (Å²) in [5.74, 6) is 1.48. The summed E-state index contributed by atoms with van der Waals surface area (Å²) in [5, 5.41) is 0. The minimum atomic E-state index is 0.360. The zero-order chi connectivity index (χ0) is 17.2. The minimum absolute atomic E-state index is 0.360. The van der Waals surface area contributed by atoms with Crippen LogP contribution in [-0.2, 0) is 6.61 Å². The molecule has 0 aliphatic carbocycles. The number of fused-ring (bicyclic) bond motifs is 1. The first kappa shape index (κ1) is 15.2. The van der Waals surface area contributed by atoms with Crippen LogP contribution >= 0.6 is 0 Å². The van der Waals surface area contributed by atoms with Gasteiger partial charge in [-0.2, -0.15) is 0 Å². The molecule has 0 unspecified atom stereocenters. The number of ether oxygens (including phenoxy) is 1. The fraction of sp³-hybridized carbons (Fsp3) is 0.100. The molecule has 4 aromatic rings. The first-order chi connectivity index (χ1) is 12.2. The predicted octanol–water partition coefficient (Wildman–Crippen LogP) is 4.09. The molecular weight excluding hydrogens is 312 g/mol. The first-order valence-corrected chi connectivity index (χ1v) is 8.09. The Balaban J connectivity index is 1.68. The molecule has 0 saturated carbocycles. The molecular formula is C20H18N4O. The molecule has 0 saturated heterocycles. The lowest BCUT2D eigenvalue weighted by molar-refractivity contribution is 0.302. The van der Waals surface area contributed by atoms with Crippen LogP contribution in [0.1, 0.15) is 11.5 Å². The van der Waals surface area contributed by atoms with Gasteiger partial charge in [-0.15, -0.1) is 0 Å². The van der Waals surface area contributed by atoms with E-state index in [1.807, 2.05) is 55.5 Å². The second kappa shape index (κ2) is 6.28. The maximum absolute atomic E-state index is 5.86. The molecule has 2 heterocycles. The van der Waals surface area contributed by atoms with Gasteiger partial charge in [-0.1, -0.05) is 30.3 Å². The van der Waals surface area contributed by atoms with Crippen molar-refractivity contribution in [1.29, 1.82) is 0 Å². The van der Waals surface area contributed by atoms with E-state index in [2.05, 4.69) is 27.1 Å². The van der Waals surface area contributed by atoms with Gasteiger partial charge in [0.05, 0.1) is 11.0 Å². The quantitative estimate of drug-likeness (QED) is 0.552. The lowest BCUT2D eigenvalue weighted by Gasteiger charge is -2.07. The van der Waals surface area contributed by atoms with Crippen LogP contribution < -0.4 is 10.5 Å². The number of hydrogen-bond acceptors (Lipinski definition) is 4. The third-order valence-electron chi connectivity index (χ3n) is 4.00. The van der Waals surface area contributed by atoms with Gasteiger partial charge in [0.1, 0.15) is 23.9 Å². The Morgan fingerprint density at radius 2 is 1.76 bits per heavy atom. The monoisotopic (exact) mass is 330 g/mol. The van der Waals surface area contributed by atoms with E-state index in [1.165, 1.54) is 0 Å². The van der Waals surface area contributed by atoms with E-state index in [-0.39, 0.29) is 0 Å². The van der Waals surface area contributed by atoms with Crippen LogP contribution in [0.3, 0.4) is 0 Å². The van der Waals surface area contributed by atoms with Crippen molar-refractivity contribution in [3.63, 3.8) is 0 Å². The second-order valence-electron chi connectivity index (χ2n) is 5.88. The number of aromatic amines is 1. The maximum atomic E-state index is 5.86. The highest BCUT2D eigenvalue weighted by Crippen LogP contribution is 2.25. The summed E-state index contributed by atoms with van der Waals surface area (Å²) in [6.07, 6.45) is 0. The smallest absolute Gasteiger partial charge is 0.132 e. The van der Waals surface area contributed by atoms with Crippen LogP contribution in [0.2, 0.25) is 0 Å². The van der Waals surface area contributed by atoms with Crippen molar-refractivity contribution >= 4 is 16.7 Å². The molecule has 0 spiro atoms. The average Bonchev–Trinajstić information content (AvgIpc) is 3.06. The fourth-order valence-electron chi connectivity index (χ4n) is 2.80. The zero-order valence-electron chi connectivity index (χ0n) is 13.9. The number of aromatic nitrogens is 3. The highest BCUT2D eigenvalue weighted by atomic mass is 16.5. The van der Waals surface area contributed by atoms with Crippen LogP contribution in [0.4, 0.5) is 5.69 Å². The number of anilines is 1. The molecule has 0 amide bonds. The molecule has 0 aliphatic rings. The molecule has 2 aromatic heterocycles. The SMILES string of the molecule is Cc1nc(COc2ccc(N)cc2)c2[nH]c(-c3ccccc3)cc2n1. The summed E-state index contributed by atoms with van der Waals surface area (Å²) in [6.45, 7) is 2.25. The highest BCUT2D eigenvalue weighted by Gasteiger charge is 2.11. The normalized spacial score (nSPS) is 10.9. The van der Waals surface area contributed by atoms with Crippen molar-refractivity contribution in [3.8, 4) is 17.0 Å². The molecule has 0 aliphatic heterocycles. The van der Waals surface area contributed by atoms with Crippen molar-refractivity contribution in [3.05, 3.63) is 72.2 Å². The van der Waals surface area contributed by atoms with Crippen molar-refractivity contribution in [2.75, 3.05) is 5.73 Å². The Hall–Kier alpha value is -3.34. The van der Waals surface area contributed by atoms with Crippen LogP contribution in [0.5, 0.6) is 5.75 Å². The zero-order valence-corrected chi connectivity index (χ0v) is 13.9. The van der Waals surface area contributed by atoms with E-state index < -0.39 is 0 Å². The Bertz CT molecular complexity index is 1010. The number of H-pyrrole nitrogens is 1. The van der Waals surface area contributed by atoms with Gasteiger partial charge in [-0.3, -0.25) is 0 Å². The summed E-state index contributed by atoms with van der Waals surface area (Å²) in [5.41, 5.74) is 11.2. The van der Waals surface area contributed by atoms with Gasteiger partial charge in [0.25, 0.3) is 0 Å². The molecule has 25 heavy (non-hydrogen) atoms. The van der Waals surface area contributed by atoms with E-state index in [9.17, 15) is 0 Å². The largest absolute Gasteiger partial charge is 0.487 e. The van der Waals surface area contributed by atoms with Crippen LogP contribution in [0.15, 0.2) is 60.7 Å². The molecule has 5 nitrogen and oxygen atoms in total. The van der Waals surface area contributed by atoms with Crippen LogP contribution in [0.25, 0.3) is 22.3 Å². The molecule has 2 aromatic carbocycles. The first-order valence-electron chi connectivity index (χ1n) is 8.09. The topological polar surface area (TPSA) is 76.8 Å². The summed E-state index contributed by atoms with van der Waals surface area (Å²) < 4.78 is 5.86. The number of rotatable bonds is 4. The maximum Gasteiger partial charge on any atom is 0.132 e. The lowest BCUT2D eigenvalue weighted by atomic mass is 10.2. The number of nitrogens with two attached hydrogens (primary N) is 1.